The number of nitrogens with one attached hydrogen (secondary N) is 1. The Morgan fingerprint density at radius 2 is 2.15 bits per heavy atom. The highest BCUT2D eigenvalue weighted by Crippen LogP contribution is 2.52. The molecule has 0 saturated carbocycles. The van der Waals surface area contributed by atoms with Crippen molar-refractivity contribution in [3.63, 3.8) is 0 Å². The van der Waals surface area contributed by atoms with Crippen LogP contribution in [0, 0.1) is 6.92 Å². The Bertz CT molecular complexity index is 533. The average Bonchev–Trinajstić information content (AvgIpc) is 2.71. The first-order chi connectivity index (χ1) is 9.36. The van der Waals surface area contributed by atoms with Gasteiger partial charge in [-0.1, -0.05) is 0 Å². The van der Waals surface area contributed by atoms with Crippen molar-refractivity contribution >= 4 is 28.1 Å². The molecule has 0 radical (unpaired) electrons. The van der Waals surface area contributed by atoms with E-state index in [1.807, 2.05) is 13.8 Å². The average molecular weight is 300 g/mol. The molecule has 1 aromatic carbocycles. The minimum Gasteiger partial charge on any atom is -0.478 e. The van der Waals surface area contributed by atoms with Gasteiger partial charge in [0.1, 0.15) is 0 Å². The molecule has 0 aliphatic carbocycles. The zero-order valence-electron chi connectivity index (χ0n) is 11.6. The summed E-state index contributed by atoms with van der Waals surface area (Å²) in [5, 5.41) is 12.3. The van der Waals surface area contributed by atoms with Crippen LogP contribution in [0.1, 0.15) is 29.3 Å². The second-order valence-electron chi connectivity index (χ2n) is 4.80. The number of nitrogens with zero attached hydrogens (tertiary/aromatic N) is 1. The standard InChI is InChI=1S/C13H20N2O4S/c1-3-14-11-7-10(13(16)17)8-12(9(11)2)15-5-4-6-20(15,18)19/h7-8,14,18-19H,3-6H2,1-2H3,(H,16,17). The lowest BCUT2D eigenvalue weighted by molar-refractivity contribution is 0.0697. The number of carboxylic acid groups (broad SMARTS) is 1. The van der Waals surface area contributed by atoms with Gasteiger partial charge in [0.25, 0.3) is 0 Å². The largest absolute Gasteiger partial charge is 0.478 e. The van der Waals surface area contributed by atoms with Gasteiger partial charge in [0.2, 0.25) is 0 Å². The molecule has 1 fully saturated rings. The molecule has 1 aliphatic heterocycles. The maximum Gasteiger partial charge on any atom is 0.335 e. The van der Waals surface area contributed by atoms with Crippen LogP contribution in [0.2, 0.25) is 0 Å². The molecule has 112 valence electrons. The molecule has 1 saturated heterocycles. The van der Waals surface area contributed by atoms with Crippen molar-refractivity contribution in [3.8, 4) is 0 Å². The summed E-state index contributed by atoms with van der Waals surface area (Å²) in [7, 11) is -2.82. The van der Waals surface area contributed by atoms with E-state index in [1.54, 1.807) is 6.07 Å². The summed E-state index contributed by atoms with van der Waals surface area (Å²) in [6, 6.07) is 3.09. The van der Waals surface area contributed by atoms with Gasteiger partial charge in [0, 0.05) is 18.8 Å². The number of hydrogen-bond acceptors (Lipinski definition) is 5. The third-order valence-electron chi connectivity index (χ3n) is 3.40. The van der Waals surface area contributed by atoms with Gasteiger partial charge in [-0.15, -0.1) is 10.8 Å². The molecule has 1 aliphatic rings. The van der Waals surface area contributed by atoms with E-state index in [0.29, 0.717) is 36.6 Å². The van der Waals surface area contributed by atoms with Crippen LogP contribution in [-0.4, -0.2) is 39.0 Å². The summed E-state index contributed by atoms with van der Waals surface area (Å²) in [4.78, 5) is 11.2. The topological polar surface area (TPSA) is 93.0 Å². The zero-order valence-corrected chi connectivity index (χ0v) is 12.4. The minimum atomic E-state index is -2.82. The minimum absolute atomic E-state index is 0.142. The lowest BCUT2D eigenvalue weighted by Crippen LogP contribution is -2.23. The fraction of sp³-hybridized carbons (Fsp3) is 0.462. The molecule has 0 amide bonds. The first-order valence-electron chi connectivity index (χ1n) is 6.52. The van der Waals surface area contributed by atoms with E-state index >= 15 is 0 Å². The summed E-state index contributed by atoms with van der Waals surface area (Å²) < 4.78 is 21.7. The van der Waals surface area contributed by atoms with E-state index in [0.717, 1.165) is 5.56 Å². The van der Waals surface area contributed by atoms with Crippen molar-refractivity contribution in [2.75, 3.05) is 28.5 Å². The lowest BCUT2D eigenvalue weighted by Gasteiger charge is -2.39. The van der Waals surface area contributed by atoms with E-state index in [9.17, 15) is 19.0 Å². The van der Waals surface area contributed by atoms with Gasteiger partial charge in [-0.25, -0.2) is 4.79 Å². The Balaban J connectivity index is 2.53. The number of anilines is 2. The van der Waals surface area contributed by atoms with Crippen LogP contribution >= 0.6 is 10.8 Å². The van der Waals surface area contributed by atoms with Gasteiger partial charge in [-0.05, 0) is 38.0 Å². The predicted molar refractivity (Wildman–Crippen MR) is 82.0 cm³/mol. The Labute approximate surface area is 119 Å². The van der Waals surface area contributed by atoms with Crippen molar-refractivity contribution in [1.29, 1.82) is 0 Å². The van der Waals surface area contributed by atoms with Crippen molar-refractivity contribution < 1.29 is 19.0 Å². The molecular weight excluding hydrogens is 280 g/mol. The lowest BCUT2D eigenvalue weighted by atomic mass is 10.1. The third kappa shape index (κ3) is 2.70. The van der Waals surface area contributed by atoms with E-state index < -0.39 is 16.7 Å². The molecule has 0 atom stereocenters. The summed E-state index contributed by atoms with van der Waals surface area (Å²) >= 11 is 0. The number of hydrogen-bond donors (Lipinski definition) is 4. The highest BCUT2D eigenvalue weighted by molar-refractivity contribution is 8.25. The van der Waals surface area contributed by atoms with Crippen LogP contribution in [0.5, 0.6) is 0 Å². The van der Waals surface area contributed by atoms with Gasteiger partial charge in [0.05, 0.1) is 17.0 Å². The summed E-state index contributed by atoms with van der Waals surface area (Å²) in [6.07, 6.45) is 0.690. The summed E-state index contributed by atoms with van der Waals surface area (Å²) in [6.45, 7) is 4.97. The van der Waals surface area contributed by atoms with E-state index in [2.05, 4.69) is 5.32 Å². The van der Waals surface area contributed by atoms with E-state index in [4.69, 9.17) is 0 Å². The molecule has 20 heavy (non-hydrogen) atoms. The highest BCUT2D eigenvalue weighted by atomic mass is 32.3. The zero-order chi connectivity index (χ0) is 14.9. The Morgan fingerprint density at radius 3 is 2.65 bits per heavy atom. The molecule has 0 unspecified atom stereocenters. The fourth-order valence-corrected chi connectivity index (χ4v) is 4.05. The maximum absolute atomic E-state index is 11.2. The molecule has 1 heterocycles. The van der Waals surface area contributed by atoms with Crippen LogP contribution in [-0.2, 0) is 0 Å². The van der Waals surface area contributed by atoms with E-state index in [1.165, 1.54) is 10.4 Å². The molecule has 6 nitrogen and oxygen atoms in total. The van der Waals surface area contributed by atoms with Crippen molar-refractivity contribution in [2.24, 2.45) is 0 Å². The van der Waals surface area contributed by atoms with Gasteiger partial charge in [-0.3, -0.25) is 13.4 Å². The summed E-state index contributed by atoms with van der Waals surface area (Å²) in [5.41, 5.74) is 2.27. The summed E-state index contributed by atoms with van der Waals surface area (Å²) in [5.74, 6) is -0.693. The van der Waals surface area contributed by atoms with Crippen LogP contribution in [0.15, 0.2) is 12.1 Å². The Morgan fingerprint density at radius 1 is 1.45 bits per heavy atom. The molecule has 7 heteroatoms. The molecule has 0 bridgehead atoms. The predicted octanol–water partition coefficient (Wildman–Crippen LogP) is 3.00. The number of rotatable bonds is 4. The normalized spacial score (nSPS) is 18.9. The van der Waals surface area contributed by atoms with Crippen LogP contribution in [0.3, 0.4) is 0 Å². The molecule has 0 aromatic heterocycles. The number of carboxylic acids is 1. The second kappa shape index (κ2) is 5.51. The Hall–Kier alpha value is -1.44. The quantitative estimate of drug-likeness (QED) is 0.683. The highest BCUT2D eigenvalue weighted by Gasteiger charge is 2.31. The van der Waals surface area contributed by atoms with Crippen LogP contribution in [0.25, 0.3) is 0 Å². The first-order valence-corrected chi connectivity index (χ1v) is 8.19. The smallest absolute Gasteiger partial charge is 0.335 e. The van der Waals surface area contributed by atoms with Gasteiger partial charge < -0.3 is 10.4 Å². The molecule has 4 N–H and O–H groups in total. The number of aromatic carboxylic acids is 1. The molecule has 2 rings (SSSR count). The van der Waals surface area contributed by atoms with Crippen molar-refractivity contribution in [2.45, 2.75) is 20.3 Å². The SMILES string of the molecule is CCNc1cc(C(=O)O)cc(N2CCCS2(O)O)c1C. The first kappa shape index (κ1) is 15.0. The fourth-order valence-electron chi connectivity index (χ4n) is 2.39. The van der Waals surface area contributed by atoms with Gasteiger partial charge >= 0.3 is 5.97 Å². The van der Waals surface area contributed by atoms with Crippen molar-refractivity contribution in [3.05, 3.63) is 23.3 Å². The van der Waals surface area contributed by atoms with Gasteiger partial charge in [0.15, 0.2) is 0 Å². The van der Waals surface area contributed by atoms with Crippen LogP contribution < -0.4 is 9.62 Å². The van der Waals surface area contributed by atoms with Crippen LogP contribution in [0.4, 0.5) is 11.4 Å². The molecule has 0 spiro atoms. The monoisotopic (exact) mass is 300 g/mol. The second-order valence-corrected chi connectivity index (χ2v) is 6.91. The molecular formula is C13H20N2O4S. The van der Waals surface area contributed by atoms with Gasteiger partial charge in [-0.2, -0.15) is 0 Å². The third-order valence-corrected chi connectivity index (χ3v) is 5.32. The number of carbonyl (C=O) groups is 1. The molecule has 1 aromatic rings. The van der Waals surface area contributed by atoms with E-state index in [-0.39, 0.29) is 5.56 Å². The Kier molecular flexibility index (Phi) is 4.12. The number of benzene rings is 1. The van der Waals surface area contributed by atoms with Crippen molar-refractivity contribution in [1.82, 2.24) is 0 Å². The maximum atomic E-state index is 11.2.